The number of carbonyl (C=O) groups excluding carboxylic acids is 1. The Bertz CT molecular complexity index is 430. The Morgan fingerprint density at radius 3 is 2.10 bits per heavy atom. The number of halogens is 1. The summed E-state index contributed by atoms with van der Waals surface area (Å²) in [5.41, 5.74) is 0.619. The Balaban J connectivity index is 0.00000400. The van der Waals surface area contributed by atoms with E-state index in [9.17, 15) is 4.79 Å². The maximum absolute atomic E-state index is 11.8. The van der Waals surface area contributed by atoms with Crippen LogP contribution in [0.2, 0.25) is 0 Å². The number of benzene rings is 1. The standard InChI is InChI=1S/C14H22N2O4.ClH/c1-15-7-5-6-13(17)16-10-8-11(18-2)14(20-4)12(9-10)19-3;/h8-9,15H,5-7H2,1-4H3,(H,16,17);1H. The minimum atomic E-state index is -0.0467. The van der Waals surface area contributed by atoms with Crippen LogP contribution in [0.3, 0.4) is 0 Å². The molecule has 0 aromatic heterocycles. The highest BCUT2D eigenvalue weighted by molar-refractivity contribution is 5.91. The Morgan fingerprint density at radius 1 is 1.10 bits per heavy atom. The second kappa shape index (κ2) is 10.1. The van der Waals surface area contributed by atoms with Crippen LogP contribution < -0.4 is 24.8 Å². The molecule has 0 unspecified atom stereocenters. The Morgan fingerprint density at radius 2 is 1.67 bits per heavy atom. The summed E-state index contributed by atoms with van der Waals surface area (Å²) < 4.78 is 15.7. The van der Waals surface area contributed by atoms with Crippen LogP contribution in [-0.4, -0.2) is 40.8 Å². The number of ether oxygens (including phenoxy) is 3. The van der Waals surface area contributed by atoms with Crippen LogP contribution >= 0.6 is 12.4 Å². The van der Waals surface area contributed by atoms with Gasteiger partial charge in [0.15, 0.2) is 11.5 Å². The van der Waals surface area contributed by atoms with Crippen molar-refractivity contribution >= 4 is 24.0 Å². The highest BCUT2D eigenvalue weighted by Gasteiger charge is 2.14. The average molecular weight is 319 g/mol. The third-order valence-electron chi connectivity index (χ3n) is 2.78. The van der Waals surface area contributed by atoms with Crippen molar-refractivity contribution in [1.82, 2.24) is 5.32 Å². The van der Waals surface area contributed by atoms with Gasteiger partial charge in [0.25, 0.3) is 0 Å². The summed E-state index contributed by atoms with van der Waals surface area (Å²) in [6.45, 7) is 0.808. The molecule has 6 nitrogen and oxygen atoms in total. The summed E-state index contributed by atoms with van der Waals surface area (Å²) in [7, 11) is 6.47. The van der Waals surface area contributed by atoms with Crippen LogP contribution in [0.4, 0.5) is 5.69 Å². The van der Waals surface area contributed by atoms with Gasteiger partial charge in [-0.05, 0) is 20.0 Å². The summed E-state index contributed by atoms with van der Waals surface area (Å²) in [5.74, 6) is 1.48. The molecule has 0 heterocycles. The van der Waals surface area contributed by atoms with E-state index in [1.807, 2.05) is 7.05 Å². The van der Waals surface area contributed by atoms with Crippen molar-refractivity contribution in [2.45, 2.75) is 12.8 Å². The van der Waals surface area contributed by atoms with Crippen molar-refractivity contribution in [3.05, 3.63) is 12.1 Å². The van der Waals surface area contributed by atoms with E-state index in [1.54, 1.807) is 12.1 Å². The first-order valence-electron chi connectivity index (χ1n) is 6.40. The number of rotatable bonds is 8. The molecule has 0 fully saturated rings. The Hall–Kier alpha value is -1.66. The number of methoxy groups -OCH3 is 3. The first-order valence-corrected chi connectivity index (χ1v) is 6.40. The fourth-order valence-electron chi connectivity index (χ4n) is 1.80. The molecule has 0 spiro atoms. The van der Waals surface area contributed by atoms with Gasteiger partial charge in [0.2, 0.25) is 11.7 Å². The summed E-state index contributed by atoms with van der Waals surface area (Å²) in [6, 6.07) is 3.41. The molecule has 0 aliphatic rings. The van der Waals surface area contributed by atoms with Crippen molar-refractivity contribution in [1.29, 1.82) is 0 Å². The molecule has 0 radical (unpaired) electrons. The fourth-order valence-corrected chi connectivity index (χ4v) is 1.80. The van der Waals surface area contributed by atoms with Gasteiger partial charge in [0.1, 0.15) is 0 Å². The molecule has 2 N–H and O–H groups in total. The van der Waals surface area contributed by atoms with E-state index in [0.717, 1.165) is 13.0 Å². The molecule has 0 aliphatic carbocycles. The van der Waals surface area contributed by atoms with E-state index in [0.29, 0.717) is 29.4 Å². The maximum Gasteiger partial charge on any atom is 0.224 e. The van der Waals surface area contributed by atoms with Crippen molar-refractivity contribution in [3.8, 4) is 17.2 Å². The fraction of sp³-hybridized carbons (Fsp3) is 0.500. The molecule has 21 heavy (non-hydrogen) atoms. The number of carbonyl (C=O) groups is 1. The van der Waals surface area contributed by atoms with E-state index in [-0.39, 0.29) is 18.3 Å². The van der Waals surface area contributed by atoms with E-state index in [4.69, 9.17) is 14.2 Å². The van der Waals surface area contributed by atoms with Gasteiger partial charge in [-0.2, -0.15) is 0 Å². The van der Waals surface area contributed by atoms with Gasteiger partial charge in [-0.3, -0.25) is 4.79 Å². The van der Waals surface area contributed by atoms with Gasteiger partial charge < -0.3 is 24.8 Å². The molecule has 1 rings (SSSR count). The zero-order valence-electron chi connectivity index (χ0n) is 12.8. The topological polar surface area (TPSA) is 68.8 Å². The average Bonchev–Trinajstić information content (AvgIpc) is 2.46. The summed E-state index contributed by atoms with van der Waals surface area (Å²) >= 11 is 0. The van der Waals surface area contributed by atoms with Crippen LogP contribution in [0.5, 0.6) is 17.2 Å². The Kier molecular flexibility index (Phi) is 9.32. The van der Waals surface area contributed by atoms with Gasteiger partial charge >= 0.3 is 0 Å². The minimum absolute atomic E-state index is 0. The van der Waals surface area contributed by atoms with Crippen LogP contribution in [0.25, 0.3) is 0 Å². The lowest BCUT2D eigenvalue weighted by atomic mass is 10.2. The molecular weight excluding hydrogens is 296 g/mol. The van der Waals surface area contributed by atoms with Gasteiger partial charge in [0.05, 0.1) is 21.3 Å². The largest absolute Gasteiger partial charge is 0.493 e. The molecule has 0 atom stereocenters. The first kappa shape index (κ1) is 19.3. The minimum Gasteiger partial charge on any atom is -0.493 e. The smallest absolute Gasteiger partial charge is 0.224 e. The van der Waals surface area contributed by atoms with E-state index < -0.39 is 0 Å². The number of amides is 1. The van der Waals surface area contributed by atoms with Crippen molar-refractivity contribution < 1.29 is 19.0 Å². The molecule has 0 saturated heterocycles. The lowest BCUT2D eigenvalue weighted by Gasteiger charge is -2.14. The number of hydrogen-bond acceptors (Lipinski definition) is 5. The molecular formula is C14H23ClN2O4. The number of anilines is 1. The highest BCUT2D eigenvalue weighted by Crippen LogP contribution is 2.39. The maximum atomic E-state index is 11.8. The quantitative estimate of drug-likeness (QED) is 0.718. The molecule has 1 aromatic carbocycles. The molecule has 0 aliphatic heterocycles. The number of hydrogen-bond donors (Lipinski definition) is 2. The third-order valence-corrected chi connectivity index (χ3v) is 2.78. The lowest BCUT2D eigenvalue weighted by molar-refractivity contribution is -0.116. The van der Waals surface area contributed by atoms with Crippen LogP contribution in [-0.2, 0) is 4.79 Å². The SMILES string of the molecule is CNCCCC(=O)Nc1cc(OC)c(OC)c(OC)c1.Cl. The van der Waals surface area contributed by atoms with Gasteiger partial charge in [-0.1, -0.05) is 0 Å². The highest BCUT2D eigenvalue weighted by atomic mass is 35.5. The summed E-state index contributed by atoms with van der Waals surface area (Å²) in [5, 5.41) is 5.82. The van der Waals surface area contributed by atoms with Crippen molar-refractivity contribution in [2.75, 3.05) is 40.2 Å². The van der Waals surface area contributed by atoms with E-state index in [1.165, 1.54) is 21.3 Å². The second-order valence-electron chi connectivity index (χ2n) is 4.17. The second-order valence-corrected chi connectivity index (χ2v) is 4.17. The van der Waals surface area contributed by atoms with Crippen molar-refractivity contribution in [3.63, 3.8) is 0 Å². The van der Waals surface area contributed by atoms with Crippen molar-refractivity contribution in [2.24, 2.45) is 0 Å². The molecule has 0 bridgehead atoms. The molecule has 0 saturated carbocycles. The number of nitrogens with one attached hydrogen (secondary N) is 2. The van der Waals surface area contributed by atoms with Gasteiger partial charge in [-0.15, -0.1) is 12.4 Å². The predicted molar refractivity (Wildman–Crippen MR) is 85.1 cm³/mol. The zero-order chi connectivity index (χ0) is 15.0. The van der Waals surface area contributed by atoms with Gasteiger partial charge in [-0.25, -0.2) is 0 Å². The molecule has 1 amide bonds. The van der Waals surface area contributed by atoms with Gasteiger partial charge in [0, 0.05) is 24.2 Å². The lowest BCUT2D eigenvalue weighted by Crippen LogP contribution is -2.15. The Labute approximate surface area is 131 Å². The zero-order valence-corrected chi connectivity index (χ0v) is 13.6. The third kappa shape index (κ3) is 5.69. The molecule has 120 valence electrons. The summed E-state index contributed by atoms with van der Waals surface area (Å²) in [6.07, 6.45) is 1.24. The predicted octanol–water partition coefficient (Wildman–Crippen LogP) is 2.07. The molecule has 1 aromatic rings. The van der Waals surface area contributed by atoms with Crippen LogP contribution in [0, 0.1) is 0 Å². The normalized spacial score (nSPS) is 9.52. The van der Waals surface area contributed by atoms with Crippen LogP contribution in [0.15, 0.2) is 12.1 Å². The monoisotopic (exact) mass is 318 g/mol. The van der Waals surface area contributed by atoms with E-state index >= 15 is 0 Å². The summed E-state index contributed by atoms with van der Waals surface area (Å²) in [4.78, 5) is 11.8. The van der Waals surface area contributed by atoms with E-state index in [2.05, 4.69) is 10.6 Å². The van der Waals surface area contributed by atoms with Crippen LogP contribution in [0.1, 0.15) is 12.8 Å². The molecule has 7 heteroatoms. The first-order chi connectivity index (χ1) is 9.65.